The summed E-state index contributed by atoms with van der Waals surface area (Å²) in [5, 5.41) is 10.6. The molecule has 5 nitrogen and oxygen atoms in total. The molecule has 1 aromatic heterocycles. The van der Waals surface area contributed by atoms with Crippen molar-refractivity contribution in [2.45, 2.75) is 38.3 Å². The van der Waals surface area contributed by atoms with Crippen molar-refractivity contribution in [2.75, 3.05) is 26.2 Å². The first-order valence-electron chi connectivity index (χ1n) is 10.5. The fourth-order valence-electron chi connectivity index (χ4n) is 4.85. The van der Waals surface area contributed by atoms with Crippen molar-refractivity contribution in [3.05, 3.63) is 76.2 Å². The van der Waals surface area contributed by atoms with E-state index < -0.39 is 6.10 Å². The number of aryl methyl sites for hydroxylation is 1. The summed E-state index contributed by atoms with van der Waals surface area (Å²) in [6.45, 7) is 9.31. The van der Waals surface area contributed by atoms with Gasteiger partial charge in [-0.25, -0.2) is 0 Å². The van der Waals surface area contributed by atoms with E-state index >= 15 is 0 Å². The molecule has 2 bridgehead atoms. The molecule has 1 fully saturated rings. The summed E-state index contributed by atoms with van der Waals surface area (Å²) in [7, 11) is 0. The Kier molecular flexibility index (Phi) is 5.88. The number of benzene rings is 1. The Balaban J connectivity index is 1.36. The van der Waals surface area contributed by atoms with E-state index in [-0.39, 0.29) is 12.2 Å². The number of ether oxygens (including phenoxy) is 1. The van der Waals surface area contributed by atoms with E-state index in [1.165, 1.54) is 5.56 Å². The van der Waals surface area contributed by atoms with Crippen LogP contribution in [0.15, 0.2) is 53.8 Å². The highest BCUT2D eigenvalue weighted by Gasteiger charge is 2.34. The molecular weight excluding hydrogens is 364 g/mol. The lowest BCUT2D eigenvalue weighted by atomic mass is 9.83. The van der Waals surface area contributed by atoms with Crippen LogP contribution in [0.25, 0.3) is 0 Å². The number of aromatic nitrogens is 1. The van der Waals surface area contributed by atoms with Gasteiger partial charge in [-0.15, -0.1) is 6.58 Å². The summed E-state index contributed by atoms with van der Waals surface area (Å²) < 4.78 is 7.88. The molecule has 2 aliphatic rings. The SMILES string of the molecule is C=CCc1cc(C)ccc1OCC(O)CN1C[C@H]2C[C@@H](C1)c1cccc(=O)n1C2. The Morgan fingerprint density at radius 2 is 2.14 bits per heavy atom. The minimum Gasteiger partial charge on any atom is -0.491 e. The van der Waals surface area contributed by atoms with E-state index in [1.54, 1.807) is 6.07 Å². The number of likely N-dealkylation sites (tertiary alicyclic amines) is 1. The van der Waals surface area contributed by atoms with Crippen molar-refractivity contribution in [3.8, 4) is 5.75 Å². The summed E-state index contributed by atoms with van der Waals surface area (Å²) in [6.07, 6.45) is 3.19. The van der Waals surface area contributed by atoms with Gasteiger partial charge in [0.05, 0.1) is 0 Å². The maximum atomic E-state index is 12.2. The first kappa shape index (κ1) is 19.9. The Bertz CT molecular complexity index is 936. The molecule has 1 aromatic carbocycles. The second kappa shape index (κ2) is 8.56. The zero-order chi connectivity index (χ0) is 20.4. The molecule has 1 unspecified atom stereocenters. The quantitative estimate of drug-likeness (QED) is 0.734. The summed E-state index contributed by atoms with van der Waals surface area (Å²) >= 11 is 0. The molecule has 154 valence electrons. The fourth-order valence-corrected chi connectivity index (χ4v) is 4.85. The van der Waals surface area contributed by atoms with E-state index in [2.05, 4.69) is 30.5 Å². The zero-order valence-corrected chi connectivity index (χ0v) is 17.1. The lowest BCUT2D eigenvalue weighted by Gasteiger charge is -2.43. The molecule has 0 saturated carbocycles. The molecule has 2 aromatic rings. The number of hydrogen-bond donors (Lipinski definition) is 1. The van der Waals surface area contributed by atoms with Crippen LogP contribution in [0.5, 0.6) is 5.75 Å². The third-order valence-corrected chi connectivity index (χ3v) is 6.04. The molecule has 3 atom stereocenters. The zero-order valence-electron chi connectivity index (χ0n) is 17.1. The topological polar surface area (TPSA) is 54.7 Å². The van der Waals surface area contributed by atoms with Gasteiger partial charge < -0.3 is 14.4 Å². The van der Waals surface area contributed by atoms with Crippen LogP contribution in [0.1, 0.15) is 29.2 Å². The van der Waals surface area contributed by atoms with Gasteiger partial charge in [0.25, 0.3) is 5.56 Å². The van der Waals surface area contributed by atoms with Crippen LogP contribution >= 0.6 is 0 Å². The Labute approximate surface area is 172 Å². The van der Waals surface area contributed by atoms with Crippen LogP contribution in [0.2, 0.25) is 0 Å². The first-order valence-corrected chi connectivity index (χ1v) is 10.5. The largest absolute Gasteiger partial charge is 0.491 e. The van der Waals surface area contributed by atoms with Crippen LogP contribution in [0.4, 0.5) is 0 Å². The fraction of sp³-hybridized carbons (Fsp3) is 0.458. The standard InChI is InChI=1S/C24H30N2O3/c1-3-5-19-10-17(2)8-9-23(19)29-16-21(27)15-25-12-18-11-20(14-25)22-6-4-7-24(28)26(22)13-18/h3-4,6-10,18,20-21,27H,1,5,11-16H2,2H3/t18-,20+,21?/m1/s1. The highest BCUT2D eigenvalue weighted by molar-refractivity contribution is 5.38. The van der Waals surface area contributed by atoms with E-state index in [4.69, 9.17) is 4.74 Å². The van der Waals surface area contributed by atoms with Gasteiger partial charge in [0.15, 0.2) is 0 Å². The molecule has 5 heteroatoms. The number of fused-ring (bicyclic) bond motifs is 4. The average Bonchev–Trinajstić information content (AvgIpc) is 2.68. The number of piperidine rings is 1. The predicted octanol–water partition coefficient (Wildman–Crippen LogP) is 2.74. The highest BCUT2D eigenvalue weighted by atomic mass is 16.5. The van der Waals surface area contributed by atoms with E-state index in [1.807, 2.05) is 28.8 Å². The third kappa shape index (κ3) is 4.46. The lowest BCUT2D eigenvalue weighted by Crippen LogP contribution is -2.49. The number of nitrogens with zero attached hydrogens (tertiary/aromatic N) is 2. The predicted molar refractivity (Wildman–Crippen MR) is 115 cm³/mol. The third-order valence-electron chi connectivity index (χ3n) is 6.04. The second-order valence-electron chi connectivity index (χ2n) is 8.49. The maximum absolute atomic E-state index is 12.2. The maximum Gasteiger partial charge on any atom is 0.250 e. The summed E-state index contributed by atoms with van der Waals surface area (Å²) in [5.74, 6) is 1.64. The molecule has 1 N–H and O–H groups in total. The number of rotatable bonds is 7. The summed E-state index contributed by atoms with van der Waals surface area (Å²) in [6, 6.07) is 11.7. The molecule has 0 aliphatic carbocycles. The van der Waals surface area contributed by atoms with Crippen molar-refractivity contribution >= 4 is 0 Å². The minimum atomic E-state index is -0.551. The number of aliphatic hydroxyl groups excluding tert-OH is 1. The van der Waals surface area contributed by atoms with Crippen LogP contribution in [0, 0.1) is 12.8 Å². The molecule has 2 aliphatic heterocycles. The van der Waals surface area contributed by atoms with E-state index in [0.717, 1.165) is 49.5 Å². The summed E-state index contributed by atoms with van der Waals surface area (Å²) in [4.78, 5) is 14.5. The Morgan fingerprint density at radius 3 is 2.97 bits per heavy atom. The van der Waals surface area contributed by atoms with Crippen molar-refractivity contribution in [3.63, 3.8) is 0 Å². The van der Waals surface area contributed by atoms with Gasteiger partial charge in [-0.3, -0.25) is 9.69 Å². The van der Waals surface area contributed by atoms with Gasteiger partial charge in [0.1, 0.15) is 18.5 Å². The smallest absolute Gasteiger partial charge is 0.250 e. The van der Waals surface area contributed by atoms with Crippen LogP contribution in [-0.2, 0) is 13.0 Å². The Hall–Kier alpha value is -2.37. The normalized spacial score (nSPS) is 22.0. The van der Waals surface area contributed by atoms with Gasteiger partial charge in [-0.05, 0) is 43.4 Å². The molecule has 0 spiro atoms. The van der Waals surface area contributed by atoms with Crippen LogP contribution in [-0.4, -0.2) is 46.9 Å². The summed E-state index contributed by atoms with van der Waals surface area (Å²) in [5.41, 5.74) is 3.53. The minimum absolute atomic E-state index is 0.104. The molecule has 1 saturated heterocycles. The molecule has 0 amide bonds. The molecule has 3 heterocycles. The Morgan fingerprint density at radius 1 is 1.28 bits per heavy atom. The van der Waals surface area contributed by atoms with Crippen molar-refractivity contribution in [1.29, 1.82) is 0 Å². The van der Waals surface area contributed by atoms with Crippen molar-refractivity contribution < 1.29 is 9.84 Å². The van der Waals surface area contributed by atoms with Gasteiger partial charge in [0.2, 0.25) is 0 Å². The van der Waals surface area contributed by atoms with Crippen molar-refractivity contribution in [1.82, 2.24) is 9.47 Å². The second-order valence-corrected chi connectivity index (χ2v) is 8.49. The highest BCUT2D eigenvalue weighted by Crippen LogP contribution is 2.34. The number of β-amino-alcohol motifs (C(OH)–C–C–N with tert-alkyl or cyclic N) is 1. The van der Waals surface area contributed by atoms with Crippen molar-refractivity contribution in [2.24, 2.45) is 5.92 Å². The monoisotopic (exact) mass is 394 g/mol. The number of aliphatic hydroxyl groups is 1. The molecular formula is C24H30N2O3. The van der Waals surface area contributed by atoms with Gasteiger partial charge in [-0.1, -0.05) is 29.8 Å². The molecule has 4 rings (SSSR count). The molecule has 29 heavy (non-hydrogen) atoms. The van der Waals surface area contributed by atoms with Gasteiger partial charge in [0, 0.05) is 43.9 Å². The van der Waals surface area contributed by atoms with Crippen LogP contribution < -0.4 is 10.3 Å². The van der Waals surface area contributed by atoms with Gasteiger partial charge >= 0.3 is 0 Å². The number of hydrogen-bond acceptors (Lipinski definition) is 4. The number of allylic oxidation sites excluding steroid dienone is 1. The lowest BCUT2D eigenvalue weighted by molar-refractivity contribution is 0.0382. The molecule has 0 radical (unpaired) electrons. The van der Waals surface area contributed by atoms with Gasteiger partial charge in [-0.2, -0.15) is 0 Å². The first-order chi connectivity index (χ1) is 14.0. The average molecular weight is 395 g/mol. The van der Waals surface area contributed by atoms with Crippen LogP contribution in [0.3, 0.4) is 0 Å². The van der Waals surface area contributed by atoms with E-state index in [0.29, 0.717) is 18.4 Å². The number of pyridine rings is 1. The van der Waals surface area contributed by atoms with E-state index in [9.17, 15) is 9.90 Å².